The summed E-state index contributed by atoms with van der Waals surface area (Å²) in [6, 6.07) is 6.45. The van der Waals surface area contributed by atoms with E-state index >= 15 is 0 Å². The van der Waals surface area contributed by atoms with Crippen LogP contribution in [0, 0.1) is 11.3 Å². The molecule has 102 valence electrons. The Morgan fingerprint density at radius 1 is 1.60 bits per heavy atom. The molecule has 20 heavy (non-hydrogen) atoms. The van der Waals surface area contributed by atoms with Crippen LogP contribution in [-0.2, 0) is 0 Å². The Morgan fingerprint density at radius 2 is 2.35 bits per heavy atom. The summed E-state index contributed by atoms with van der Waals surface area (Å²) in [5.74, 6) is -0.348. The number of benzene rings is 1. The van der Waals surface area contributed by atoms with Gasteiger partial charge in [0.1, 0.15) is 16.8 Å². The van der Waals surface area contributed by atoms with Crippen molar-refractivity contribution in [2.45, 2.75) is 13.0 Å². The summed E-state index contributed by atoms with van der Waals surface area (Å²) in [5, 5.41) is 14.2. The molecule has 1 heterocycles. The molecule has 0 saturated heterocycles. The number of halogens is 1. The van der Waals surface area contributed by atoms with Gasteiger partial charge >= 0.3 is 0 Å². The van der Waals surface area contributed by atoms with Gasteiger partial charge in [-0.15, -0.1) is 11.3 Å². The smallest absolute Gasteiger partial charge is 0.275 e. The lowest BCUT2D eigenvalue weighted by Gasteiger charge is -2.04. The fraction of sp³-hybridized carbons (Fsp3) is 0.154. The number of hydrogen-bond acceptors (Lipinski definition) is 5. The molecule has 0 fully saturated rings. The van der Waals surface area contributed by atoms with Crippen molar-refractivity contribution in [3.05, 3.63) is 44.9 Å². The largest absolute Gasteiger partial charge is 0.322 e. The van der Waals surface area contributed by atoms with Crippen LogP contribution in [0.5, 0.6) is 0 Å². The molecule has 1 aromatic heterocycles. The minimum absolute atomic E-state index is 0.206. The summed E-state index contributed by atoms with van der Waals surface area (Å²) >= 11 is 7.16. The van der Waals surface area contributed by atoms with Crippen LogP contribution in [0.2, 0.25) is 5.02 Å². The Morgan fingerprint density at radius 3 is 2.95 bits per heavy atom. The molecule has 7 heteroatoms. The lowest BCUT2D eigenvalue weighted by atomic mass is 10.2. The van der Waals surface area contributed by atoms with Crippen molar-refractivity contribution >= 4 is 34.5 Å². The summed E-state index contributed by atoms with van der Waals surface area (Å²) in [7, 11) is 0. The van der Waals surface area contributed by atoms with Gasteiger partial charge in [-0.25, -0.2) is 4.98 Å². The average Bonchev–Trinajstić information content (AvgIpc) is 2.91. The second kappa shape index (κ2) is 6.01. The van der Waals surface area contributed by atoms with Gasteiger partial charge in [0.2, 0.25) is 0 Å². The average molecular weight is 307 g/mol. The van der Waals surface area contributed by atoms with Crippen LogP contribution in [0.25, 0.3) is 0 Å². The van der Waals surface area contributed by atoms with Crippen molar-refractivity contribution in [2.24, 2.45) is 5.73 Å². The van der Waals surface area contributed by atoms with E-state index in [0.29, 0.717) is 27.0 Å². The molecule has 5 nitrogen and oxygen atoms in total. The first-order chi connectivity index (χ1) is 9.51. The zero-order valence-corrected chi connectivity index (χ0v) is 12.1. The number of hydrogen-bond donors (Lipinski definition) is 2. The molecule has 3 N–H and O–H groups in total. The summed E-state index contributed by atoms with van der Waals surface area (Å²) in [5.41, 5.74) is 6.80. The molecule has 2 aromatic rings. The van der Waals surface area contributed by atoms with Crippen molar-refractivity contribution in [3.8, 4) is 6.07 Å². The van der Waals surface area contributed by atoms with Crippen LogP contribution in [0.15, 0.2) is 23.6 Å². The number of nitrogens with zero attached hydrogens (tertiary/aromatic N) is 2. The predicted octanol–water partition coefficient (Wildman–Crippen LogP) is 2.94. The van der Waals surface area contributed by atoms with Gasteiger partial charge < -0.3 is 11.1 Å². The number of nitrogens with one attached hydrogen (secondary N) is 1. The molecular formula is C13H11ClN4OS. The number of nitrogens with two attached hydrogens (primary N) is 1. The molecular weight excluding hydrogens is 296 g/mol. The van der Waals surface area contributed by atoms with E-state index in [1.807, 2.05) is 6.07 Å². The van der Waals surface area contributed by atoms with Gasteiger partial charge in [-0.2, -0.15) is 5.26 Å². The third-order valence-corrected chi connectivity index (χ3v) is 3.86. The summed E-state index contributed by atoms with van der Waals surface area (Å²) in [6.45, 7) is 1.80. The lowest BCUT2D eigenvalue weighted by molar-refractivity contribution is 0.102. The molecule has 1 aromatic carbocycles. The molecule has 0 aliphatic rings. The number of carbonyl (C=O) groups is 1. The minimum atomic E-state index is -0.348. The first-order valence-corrected chi connectivity index (χ1v) is 6.99. The first-order valence-electron chi connectivity index (χ1n) is 5.73. The van der Waals surface area contributed by atoms with Crippen LogP contribution in [0.1, 0.15) is 34.0 Å². The second-order valence-corrected chi connectivity index (χ2v) is 5.42. The molecule has 0 aliphatic heterocycles. The van der Waals surface area contributed by atoms with Gasteiger partial charge in [-0.1, -0.05) is 11.6 Å². The highest BCUT2D eigenvalue weighted by atomic mass is 35.5. The fourth-order valence-electron chi connectivity index (χ4n) is 1.48. The Kier molecular flexibility index (Phi) is 4.35. The highest BCUT2D eigenvalue weighted by Crippen LogP contribution is 2.21. The molecule has 0 saturated carbocycles. The zero-order valence-electron chi connectivity index (χ0n) is 10.6. The molecule has 0 bridgehead atoms. The van der Waals surface area contributed by atoms with Crippen molar-refractivity contribution in [3.63, 3.8) is 0 Å². The number of aromatic nitrogens is 1. The lowest BCUT2D eigenvalue weighted by Crippen LogP contribution is -2.13. The third kappa shape index (κ3) is 3.14. The molecule has 1 atom stereocenters. The number of anilines is 1. The quantitative estimate of drug-likeness (QED) is 0.912. The van der Waals surface area contributed by atoms with E-state index in [9.17, 15) is 4.79 Å². The van der Waals surface area contributed by atoms with Crippen LogP contribution < -0.4 is 11.1 Å². The van der Waals surface area contributed by atoms with Gasteiger partial charge in [0.25, 0.3) is 5.91 Å². The summed E-state index contributed by atoms with van der Waals surface area (Å²) < 4.78 is 0. The van der Waals surface area contributed by atoms with E-state index in [0.717, 1.165) is 0 Å². The van der Waals surface area contributed by atoms with Crippen molar-refractivity contribution in [1.29, 1.82) is 5.26 Å². The second-order valence-electron chi connectivity index (χ2n) is 4.12. The highest BCUT2D eigenvalue weighted by Gasteiger charge is 2.13. The maximum absolute atomic E-state index is 12.0. The molecule has 1 unspecified atom stereocenters. The number of carbonyl (C=O) groups excluding carboxylic acids is 1. The number of amides is 1. The van der Waals surface area contributed by atoms with E-state index in [2.05, 4.69) is 10.3 Å². The highest BCUT2D eigenvalue weighted by molar-refractivity contribution is 7.09. The Bertz CT molecular complexity index is 690. The maximum atomic E-state index is 12.0. The summed E-state index contributed by atoms with van der Waals surface area (Å²) in [6.07, 6.45) is 0. The third-order valence-electron chi connectivity index (χ3n) is 2.49. The van der Waals surface area contributed by atoms with Crippen LogP contribution in [0.3, 0.4) is 0 Å². The predicted molar refractivity (Wildman–Crippen MR) is 78.8 cm³/mol. The van der Waals surface area contributed by atoms with E-state index < -0.39 is 0 Å². The van der Waals surface area contributed by atoms with Crippen LogP contribution in [-0.4, -0.2) is 10.9 Å². The molecule has 0 aliphatic carbocycles. The zero-order chi connectivity index (χ0) is 14.7. The van der Waals surface area contributed by atoms with Gasteiger partial charge in [-0.05, 0) is 25.1 Å². The normalized spacial score (nSPS) is 11.7. The number of nitriles is 1. The van der Waals surface area contributed by atoms with Crippen molar-refractivity contribution < 1.29 is 4.79 Å². The van der Waals surface area contributed by atoms with Gasteiger partial charge in [0.05, 0.1) is 16.6 Å². The topological polar surface area (TPSA) is 91.8 Å². The molecule has 2 rings (SSSR count). The van der Waals surface area contributed by atoms with Crippen molar-refractivity contribution in [2.75, 3.05) is 5.32 Å². The fourth-order valence-corrected chi connectivity index (χ4v) is 2.40. The van der Waals surface area contributed by atoms with Crippen LogP contribution >= 0.6 is 22.9 Å². The summed E-state index contributed by atoms with van der Waals surface area (Å²) in [4.78, 5) is 16.2. The van der Waals surface area contributed by atoms with Gasteiger partial charge in [0.15, 0.2) is 0 Å². The first kappa shape index (κ1) is 14.5. The van der Waals surface area contributed by atoms with E-state index in [4.69, 9.17) is 22.6 Å². The Hall–Kier alpha value is -1.94. The Labute approximate surface area is 125 Å². The minimum Gasteiger partial charge on any atom is -0.322 e. The van der Waals surface area contributed by atoms with Crippen LogP contribution in [0.4, 0.5) is 5.69 Å². The van der Waals surface area contributed by atoms with Gasteiger partial charge in [0, 0.05) is 11.1 Å². The van der Waals surface area contributed by atoms with E-state index in [1.54, 1.807) is 24.4 Å². The van der Waals surface area contributed by atoms with Gasteiger partial charge in [-0.3, -0.25) is 4.79 Å². The molecule has 0 spiro atoms. The number of rotatable bonds is 3. The number of thiazole rings is 1. The van der Waals surface area contributed by atoms with Crippen molar-refractivity contribution in [1.82, 2.24) is 4.98 Å². The van der Waals surface area contributed by atoms with E-state index in [-0.39, 0.29) is 11.9 Å². The SMILES string of the molecule is CC(N)c1nc(C(=O)Nc2ccc(Cl)c(C#N)c2)cs1. The maximum Gasteiger partial charge on any atom is 0.275 e. The molecule has 1 amide bonds. The monoisotopic (exact) mass is 306 g/mol. The van der Waals surface area contributed by atoms with E-state index in [1.165, 1.54) is 17.4 Å². The Balaban J connectivity index is 2.17. The molecule has 0 radical (unpaired) electrons. The standard InChI is InChI=1S/C13H11ClN4OS/c1-7(16)13-18-11(6-20-13)12(19)17-9-2-3-10(14)8(4-9)5-15/h2-4,6-7H,16H2,1H3,(H,17,19).